The van der Waals surface area contributed by atoms with Crippen LogP contribution in [0.5, 0.6) is 0 Å². The van der Waals surface area contributed by atoms with Crippen molar-refractivity contribution in [2.24, 2.45) is 0 Å². The molecule has 0 amide bonds. The SMILES string of the molecule is c1ccc(-c2ccc3c(-c4ccccc4)c4ccccc4c(-c4cc5cc6ccccc6cc5c5ccccc45)c3c2)cc1. The van der Waals surface area contributed by atoms with E-state index in [-0.39, 0.29) is 0 Å². The Kier molecular flexibility index (Phi) is 5.61. The minimum atomic E-state index is 1.23. The van der Waals surface area contributed by atoms with E-state index < -0.39 is 0 Å². The maximum atomic E-state index is 2.43. The van der Waals surface area contributed by atoms with E-state index in [1.165, 1.54) is 87.2 Å². The van der Waals surface area contributed by atoms with Gasteiger partial charge in [0.15, 0.2) is 0 Å². The van der Waals surface area contributed by atoms with Crippen LogP contribution in [0.15, 0.2) is 170 Å². The highest BCUT2D eigenvalue weighted by Gasteiger charge is 2.20. The standard InChI is InChI=1S/C44H28/c1-3-13-29(14-4-1)33-23-24-39-42(27-33)44(38-22-12-11-21-37(38)43(39)30-15-5-2-6-16-30)41-28-34-25-31-17-7-8-18-32(31)26-40(34)35-19-9-10-20-36(35)41/h1-28H. The van der Waals surface area contributed by atoms with Crippen LogP contribution in [0.2, 0.25) is 0 Å². The molecular weight excluding hydrogens is 528 g/mol. The normalized spacial score (nSPS) is 11.6. The number of hydrogen-bond acceptors (Lipinski definition) is 0. The lowest BCUT2D eigenvalue weighted by Gasteiger charge is -2.20. The summed E-state index contributed by atoms with van der Waals surface area (Å²) in [5.74, 6) is 0. The van der Waals surface area contributed by atoms with Crippen LogP contribution in [0.4, 0.5) is 0 Å². The zero-order chi connectivity index (χ0) is 29.0. The van der Waals surface area contributed by atoms with Crippen molar-refractivity contribution < 1.29 is 0 Å². The number of rotatable bonds is 3. The van der Waals surface area contributed by atoms with E-state index in [1.54, 1.807) is 0 Å². The molecule has 0 N–H and O–H groups in total. The Labute approximate surface area is 256 Å². The fourth-order valence-electron chi connectivity index (χ4n) is 7.20. The van der Waals surface area contributed by atoms with E-state index in [0.29, 0.717) is 0 Å². The Balaban J connectivity index is 1.48. The molecule has 44 heavy (non-hydrogen) atoms. The van der Waals surface area contributed by atoms with Crippen molar-refractivity contribution in [3.05, 3.63) is 170 Å². The van der Waals surface area contributed by atoms with Crippen molar-refractivity contribution in [1.29, 1.82) is 0 Å². The smallest absolute Gasteiger partial charge is 0.00197 e. The number of benzene rings is 9. The highest BCUT2D eigenvalue weighted by Crippen LogP contribution is 2.47. The van der Waals surface area contributed by atoms with E-state index in [2.05, 4.69) is 170 Å². The molecule has 9 rings (SSSR count). The molecule has 0 aliphatic rings. The summed E-state index contributed by atoms with van der Waals surface area (Å²) in [4.78, 5) is 0. The average Bonchev–Trinajstić information content (AvgIpc) is 3.10. The highest BCUT2D eigenvalue weighted by molar-refractivity contribution is 6.26. The predicted molar refractivity (Wildman–Crippen MR) is 190 cm³/mol. The monoisotopic (exact) mass is 556 g/mol. The summed E-state index contributed by atoms with van der Waals surface area (Å²) in [6, 6.07) is 62.4. The summed E-state index contributed by atoms with van der Waals surface area (Å²) in [6.45, 7) is 0. The second-order valence-electron chi connectivity index (χ2n) is 11.7. The van der Waals surface area contributed by atoms with Crippen LogP contribution >= 0.6 is 0 Å². The molecular formula is C44H28. The molecule has 0 aliphatic heterocycles. The first-order valence-electron chi connectivity index (χ1n) is 15.3. The fourth-order valence-corrected chi connectivity index (χ4v) is 7.20. The van der Waals surface area contributed by atoms with Gasteiger partial charge >= 0.3 is 0 Å². The second kappa shape index (κ2) is 9.93. The Morgan fingerprint density at radius 1 is 0.227 bits per heavy atom. The van der Waals surface area contributed by atoms with Crippen LogP contribution in [0.3, 0.4) is 0 Å². The highest BCUT2D eigenvalue weighted by atomic mass is 14.2. The van der Waals surface area contributed by atoms with Crippen molar-refractivity contribution in [3.63, 3.8) is 0 Å². The molecule has 0 radical (unpaired) electrons. The van der Waals surface area contributed by atoms with Gasteiger partial charge in [-0.05, 0) is 112 Å². The first kappa shape index (κ1) is 24.8. The largest absolute Gasteiger partial charge is 0.0622 e. The van der Waals surface area contributed by atoms with Crippen molar-refractivity contribution in [1.82, 2.24) is 0 Å². The third-order valence-corrected chi connectivity index (χ3v) is 9.19. The second-order valence-corrected chi connectivity index (χ2v) is 11.7. The van der Waals surface area contributed by atoms with Crippen molar-refractivity contribution in [2.75, 3.05) is 0 Å². The van der Waals surface area contributed by atoms with Crippen molar-refractivity contribution in [3.8, 4) is 33.4 Å². The summed E-state index contributed by atoms with van der Waals surface area (Å²) in [7, 11) is 0. The van der Waals surface area contributed by atoms with Gasteiger partial charge in [-0.25, -0.2) is 0 Å². The lowest BCUT2D eigenvalue weighted by atomic mass is 9.83. The van der Waals surface area contributed by atoms with Gasteiger partial charge in [0.05, 0.1) is 0 Å². The molecule has 0 aromatic heterocycles. The topological polar surface area (TPSA) is 0 Å². The summed E-state index contributed by atoms with van der Waals surface area (Å²) in [5, 5.41) is 12.7. The molecule has 0 saturated carbocycles. The number of fused-ring (bicyclic) bond motifs is 6. The molecule has 0 unspecified atom stereocenters. The average molecular weight is 557 g/mol. The van der Waals surface area contributed by atoms with E-state index in [0.717, 1.165) is 0 Å². The molecule has 0 nitrogen and oxygen atoms in total. The molecule has 204 valence electrons. The van der Waals surface area contributed by atoms with Gasteiger partial charge in [-0.2, -0.15) is 0 Å². The minimum Gasteiger partial charge on any atom is -0.0622 e. The van der Waals surface area contributed by atoms with Gasteiger partial charge in [0.2, 0.25) is 0 Å². The Hall–Kier alpha value is -5.72. The maximum Gasteiger partial charge on any atom is -0.00197 e. The Morgan fingerprint density at radius 3 is 1.50 bits per heavy atom. The van der Waals surface area contributed by atoms with E-state index in [9.17, 15) is 0 Å². The van der Waals surface area contributed by atoms with Gasteiger partial charge in [-0.15, -0.1) is 0 Å². The molecule has 9 aromatic carbocycles. The molecule has 9 aromatic rings. The van der Waals surface area contributed by atoms with Crippen molar-refractivity contribution in [2.45, 2.75) is 0 Å². The van der Waals surface area contributed by atoms with Crippen LogP contribution in [-0.4, -0.2) is 0 Å². The van der Waals surface area contributed by atoms with E-state index >= 15 is 0 Å². The van der Waals surface area contributed by atoms with Crippen LogP contribution in [0, 0.1) is 0 Å². The summed E-state index contributed by atoms with van der Waals surface area (Å²) < 4.78 is 0. The summed E-state index contributed by atoms with van der Waals surface area (Å²) >= 11 is 0. The van der Waals surface area contributed by atoms with Crippen LogP contribution in [0.25, 0.3) is 87.2 Å². The van der Waals surface area contributed by atoms with E-state index in [4.69, 9.17) is 0 Å². The van der Waals surface area contributed by atoms with Gasteiger partial charge in [0.25, 0.3) is 0 Å². The third kappa shape index (κ3) is 3.85. The van der Waals surface area contributed by atoms with Crippen LogP contribution in [-0.2, 0) is 0 Å². The predicted octanol–water partition coefficient (Wildman–Crippen LogP) is 12.5. The van der Waals surface area contributed by atoms with Crippen LogP contribution in [0.1, 0.15) is 0 Å². The van der Waals surface area contributed by atoms with Gasteiger partial charge in [-0.3, -0.25) is 0 Å². The molecule has 0 atom stereocenters. The molecule has 0 heterocycles. The molecule has 0 aliphatic carbocycles. The third-order valence-electron chi connectivity index (χ3n) is 9.19. The van der Waals surface area contributed by atoms with E-state index in [1.807, 2.05) is 0 Å². The van der Waals surface area contributed by atoms with Gasteiger partial charge in [0.1, 0.15) is 0 Å². The number of hydrogen-bond donors (Lipinski definition) is 0. The summed E-state index contributed by atoms with van der Waals surface area (Å²) in [6.07, 6.45) is 0. The van der Waals surface area contributed by atoms with Gasteiger partial charge < -0.3 is 0 Å². The lowest BCUT2D eigenvalue weighted by molar-refractivity contribution is 1.64. The van der Waals surface area contributed by atoms with Gasteiger partial charge in [-0.1, -0.05) is 146 Å². The lowest BCUT2D eigenvalue weighted by Crippen LogP contribution is -1.93. The Bertz CT molecular complexity index is 2520. The molecule has 0 spiro atoms. The Morgan fingerprint density at radius 2 is 0.773 bits per heavy atom. The molecule has 0 bridgehead atoms. The maximum absolute atomic E-state index is 2.43. The minimum absolute atomic E-state index is 1.23. The zero-order valence-electron chi connectivity index (χ0n) is 24.2. The first-order valence-corrected chi connectivity index (χ1v) is 15.3. The van der Waals surface area contributed by atoms with Crippen molar-refractivity contribution >= 4 is 53.9 Å². The molecule has 0 heteroatoms. The quantitative estimate of drug-likeness (QED) is 0.150. The summed E-state index contributed by atoms with van der Waals surface area (Å²) in [5.41, 5.74) is 7.54. The molecule has 0 saturated heterocycles. The van der Waals surface area contributed by atoms with Crippen LogP contribution < -0.4 is 0 Å². The fraction of sp³-hybridized carbons (Fsp3) is 0. The zero-order valence-corrected chi connectivity index (χ0v) is 24.2. The first-order chi connectivity index (χ1) is 21.8. The van der Waals surface area contributed by atoms with Gasteiger partial charge in [0, 0.05) is 0 Å². The molecule has 0 fully saturated rings.